The molecule has 0 aromatic carbocycles. The molecule has 0 aliphatic heterocycles. The van der Waals surface area contributed by atoms with Gasteiger partial charge in [-0.2, -0.15) is 0 Å². The Kier molecular flexibility index (Phi) is 6.43. The lowest BCUT2D eigenvalue weighted by Gasteiger charge is -2.11. The van der Waals surface area contributed by atoms with E-state index in [9.17, 15) is 5.11 Å². The van der Waals surface area contributed by atoms with Gasteiger partial charge in [0.1, 0.15) is 17.5 Å². The molecule has 1 heterocycles. The van der Waals surface area contributed by atoms with E-state index in [-0.39, 0.29) is 6.10 Å². The van der Waals surface area contributed by atoms with Gasteiger partial charge in [0.2, 0.25) is 0 Å². The average Bonchev–Trinajstić information content (AvgIpc) is 2.38. The van der Waals surface area contributed by atoms with Crippen LogP contribution < -0.4 is 10.6 Å². The molecule has 0 aliphatic rings. The van der Waals surface area contributed by atoms with Crippen molar-refractivity contribution in [3.05, 3.63) is 11.9 Å². The van der Waals surface area contributed by atoms with Gasteiger partial charge in [0.05, 0.1) is 6.10 Å². The molecule has 0 spiro atoms. The smallest absolute Gasteiger partial charge is 0.133 e. The zero-order valence-corrected chi connectivity index (χ0v) is 11.5. The van der Waals surface area contributed by atoms with E-state index in [0.717, 1.165) is 49.7 Å². The van der Waals surface area contributed by atoms with Crippen LogP contribution in [0.3, 0.4) is 0 Å². The Hall–Kier alpha value is -1.36. The molecule has 0 fully saturated rings. The Labute approximate surface area is 109 Å². The van der Waals surface area contributed by atoms with E-state index in [1.165, 1.54) is 0 Å². The summed E-state index contributed by atoms with van der Waals surface area (Å²) in [6, 6.07) is 1.89. The number of nitrogens with zero attached hydrogens (tertiary/aromatic N) is 2. The van der Waals surface area contributed by atoms with Crippen LogP contribution in [-0.2, 0) is 6.42 Å². The lowest BCUT2D eigenvalue weighted by Crippen LogP contribution is -2.13. The van der Waals surface area contributed by atoms with E-state index in [1.54, 1.807) is 0 Å². The van der Waals surface area contributed by atoms with E-state index < -0.39 is 0 Å². The molecule has 3 N–H and O–H groups in total. The Morgan fingerprint density at radius 3 is 2.61 bits per heavy atom. The fourth-order valence-corrected chi connectivity index (χ4v) is 1.62. The van der Waals surface area contributed by atoms with Crippen LogP contribution in [0.1, 0.15) is 38.9 Å². The fourth-order valence-electron chi connectivity index (χ4n) is 1.62. The Bertz CT molecular complexity index is 357. The first-order chi connectivity index (χ1) is 8.69. The van der Waals surface area contributed by atoms with Crippen molar-refractivity contribution in [3.63, 3.8) is 0 Å². The summed E-state index contributed by atoms with van der Waals surface area (Å²) in [5, 5.41) is 15.8. The van der Waals surface area contributed by atoms with Gasteiger partial charge in [0.25, 0.3) is 0 Å². The summed E-state index contributed by atoms with van der Waals surface area (Å²) in [5.41, 5.74) is 0. The van der Waals surface area contributed by atoms with Crippen molar-refractivity contribution in [1.82, 2.24) is 9.97 Å². The largest absolute Gasteiger partial charge is 0.393 e. The summed E-state index contributed by atoms with van der Waals surface area (Å²) in [6.45, 7) is 4.81. The van der Waals surface area contributed by atoms with Gasteiger partial charge in [-0.3, -0.25) is 0 Å². The lowest BCUT2D eigenvalue weighted by molar-refractivity contribution is 0.164. The summed E-state index contributed by atoms with van der Waals surface area (Å²) < 4.78 is 0. The number of anilines is 2. The molecule has 1 aromatic rings. The second-order valence-electron chi connectivity index (χ2n) is 4.33. The van der Waals surface area contributed by atoms with Crippen molar-refractivity contribution in [1.29, 1.82) is 0 Å². The lowest BCUT2D eigenvalue weighted by atomic mass is 10.2. The SMILES string of the molecule is CCCc1nc(NC)cc(NCCC(O)CC)n1. The summed E-state index contributed by atoms with van der Waals surface area (Å²) >= 11 is 0. The molecule has 0 aliphatic carbocycles. The molecule has 0 radical (unpaired) electrons. The molecule has 1 rings (SSSR count). The van der Waals surface area contributed by atoms with Crippen LogP contribution >= 0.6 is 0 Å². The molecule has 1 unspecified atom stereocenters. The molecular weight excluding hydrogens is 228 g/mol. The minimum atomic E-state index is -0.238. The van der Waals surface area contributed by atoms with Gasteiger partial charge in [-0.05, 0) is 19.3 Å². The predicted molar refractivity (Wildman–Crippen MR) is 75.0 cm³/mol. The normalized spacial score (nSPS) is 12.2. The van der Waals surface area contributed by atoms with Gasteiger partial charge < -0.3 is 15.7 Å². The summed E-state index contributed by atoms with van der Waals surface area (Å²) in [7, 11) is 1.85. The third-order valence-corrected chi connectivity index (χ3v) is 2.76. The molecule has 5 nitrogen and oxygen atoms in total. The molecule has 0 saturated heterocycles. The molecule has 102 valence electrons. The van der Waals surface area contributed by atoms with Gasteiger partial charge in [-0.1, -0.05) is 13.8 Å². The van der Waals surface area contributed by atoms with Crippen molar-refractivity contribution in [2.24, 2.45) is 0 Å². The summed E-state index contributed by atoms with van der Waals surface area (Å²) in [4.78, 5) is 8.84. The zero-order chi connectivity index (χ0) is 13.4. The van der Waals surface area contributed by atoms with Crippen molar-refractivity contribution in [2.45, 2.75) is 45.6 Å². The van der Waals surface area contributed by atoms with Crippen LogP contribution in [0, 0.1) is 0 Å². The molecule has 0 saturated carbocycles. The Morgan fingerprint density at radius 2 is 2.00 bits per heavy atom. The van der Waals surface area contributed by atoms with Gasteiger partial charge in [-0.15, -0.1) is 0 Å². The maximum atomic E-state index is 9.49. The van der Waals surface area contributed by atoms with Crippen molar-refractivity contribution < 1.29 is 5.11 Å². The van der Waals surface area contributed by atoms with Crippen molar-refractivity contribution in [2.75, 3.05) is 24.2 Å². The molecule has 1 aromatic heterocycles. The standard InChI is InChI=1S/C13H24N4O/c1-4-6-11-16-12(14-3)9-13(17-11)15-8-7-10(18)5-2/h9-10,18H,4-8H2,1-3H3,(H2,14,15,16,17). The second-order valence-corrected chi connectivity index (χ2v) is 4.33. The van der Waals surface area contributed by atoms with E-state index in [1.807, 2.05) is 20.0 Å². The van der Waals surface area contributed by atoms with Crippen LogP contribution in [0.2, 0.25) is 0 Å². The molecule has 0 amide bonds. The molecule has 18 heavy (non-hydrogen) atoms. The average molecular weight is 252 g/mol. The molecular formula is C13H24N4O. The maximum absolute atomic E-state index is 9.49. The zero-order valence-electron chi connectivity index (χ0n) is 11.5. The van der Waals surface area contributed by atoms with Crippen LogP contribution in [0.5, 0.6) is 0 Å². The fraction of sp³-hybridized carbons (Fsp3) is 0.692. The van der Waals surface area contributed by atoms with E-state index >= 15 is 0 Å². The molecule has 5 heteroatoms. The van der Waals surface area contributed by atoms with Gasteiger partial charge in [-0.25, -0.2) is 9.97 Å². The van der Waals surface area contributed by atoms with E-state index in [4.69, 9.17) is 0 Å². The van der Waals surface area contributed by atoms with E-state index in [0.29, 0.717) is 0 Å². The predicted octanol–water partition coefficient (Wildman–Crippen LogP) is 2.04. The summed E-state index contributed by atoms with van der Waals surface area (Å²) in [5.74, 6) is 2.50. The minimum absolute atomic E-state index is 0.238. The van der Waals surface area contributed by atoms with Crippen LogP contribution in [0.15, 0.2) is 6.07 Å². The number of aliphatic hydroxyl groups excluding tert-OH is 1. The monoisotopic (exact) mass is 252 g/mol. The number of hydrogen-bond acceptors (Lipinski definition) is 5. The number of aryl methyl sites for hydroxylation is 1. The number of rotatable bonds is 8. The third kappa shape index (κ3) is 4.87. The van der Waals surface area contributed by atoms with Crippen molar-refractivity contribution in [3.8, 4) is 0 Å². The second kappa shape index (κ2) is 7.87. The Morgan fingerprint density at radius 1 is 1.28 bits per heavy atom. The topological polar surface area (TPSA) is 70.1 Å². The van der Waals surface area contributed by atoms with Crippen molar-refractivity contribution >= 4 is 11.6 Å². The number of aliphatic hydroxyl groups is 1. The van der Waals surface area contributed by atoms with Crippen LogP contribution in [-0.4, -0.2) is 34.8 Å². The highest BCUT2D eigenvalue weighted by Gasteiger charge is 2.04. The number of hydrogen-bond donors (Lipinski definition) is 3. The Balaban J connectivity index is 2.60. The molecule has 1 atom stereocenters. The first kappa shape index (κ1) is 14.7. The maximum Gasteiger partial charge on any atom is 0.133 e. The molecule has 0 bridgehead atoms. The van der Waals surface area contributed by atoms with Gasteiger partial charge >= 0.3 is 0 Å². The first-order valence-electron chi connectivity index (χ1n) is 6.67. The van der Waals surface area contributed by atoms with Crippen LogP contribution in [0.4, 0.5) is 11.6 Å². The third-order valence-electron chi connectivity index (χ3n) is 2.76. The highest BCUT2D eigenvalue weighted by Crippen LogP contribution is 2.12. The highest BCUT2D eigenvalue weighted by molar-refractivity contribution is 5.47. The van der Waals surface area contributed by atoms with Gasteiger partial charge in [0.15, 0.2) is 0 Å². The van der Waals surface area contributed by atoms with E-state index in [2.05, 4.69) is 27.5 Å². The van der Waals surface area contributed by atoms with Gasteiger partial charge in [0, 0.05) is 26.1 Å². The number of aromatic nitrogens is 2. The highest BCUT2D eigenvalue weighted by atomic mass is 16.3. The first-order valence-corrected chi connectivity index (χ1v) is 6.67. The summed E-state index contributed by atoms with van der Waals surface area (Å²) in [6.07, 6.45) is 3.19. The quantitative estimate of drug-likeness (QED) is 0.660. The number of nitrogens with one attached hydrogen (secondary N) is 2. The van der Waals surface area contributed by atoms with Crippen LogP contribution in [0.25, 0.3) is 0 Å². The minimum Gasteiger partial charge on any atom is -0.393 e.